The fourth-order valence-corrected chi connectivity index (χ4v) is 3.41. The Bertz CT molecular complexity index is 829. The van der Waals surface area contributed by atoms with Gasteiger partial charge < -0.3 is 9.88 Å². The first-order valence-electron chi connectivity index (χ1n) is 8.42. The minimum Gasteiger partial charge on any atom is -0.353 e. The summed E-state index contributed by atoms with van der Waals surface area (Å²) in [7, 11) is 0. The van der Waals surface area contributed by atoms with Crippen molar-refractivity contribution in [2.75, 3.05) is 12.3 Å². The van der Waals surface area contributed by atoms with Crippen LogP contribution in [0.5, 0.6) is 0 Å². The lowest BCUT2D eigenvalue weighted by atomic mass is 10.2. The number of hydrogen-bond acceptors (Lipinski definition) is 5. The van der Waals surface area contributed by atoms with Crippen LogP contribution in [0.15, 0.2) is 35.7 Å². The Hall–Kier alpha value is -2.35. The molecule has 2 aromatic heterocycles. The largest absolute Gasteiger partial charge is 0.353 e. The molecular weight excluding hydrogens is 336 g/mol. The van der Waals surface area contributed by atoms with Crippen molar-refractivity contribution in [3.05, 3.63) is 36.4 Å². The number of nitrogens with zero attached hydrogens (tertiary/aromatic N) is 4. The lowest BCUT2D eigenvalue weighted by molar-refractivity contribution is -0.123. The first-order valence-corrected chi connectivity index (χ1v) is 9.41. The van der Waals surface area contributed by atoms with E-state index in [0.717, 1.165) is 40.6 Å². The zero-order valence-corrected chi connectivity index (χ0v) is 15.2. The van der Waals surface area contributed by atoms with Crippen molar-refractivity contribution in [2.24, 2.45) is 0 Å². The predicted molar refractivity (Wildman–Crippen MR) is 98.6 cm³/mol. The molecule has 132 valence electrons. The Morgan fingerprint density at radius 2 is 2.24 bits per heavy atom. The molecule has 0 aliphatic rings. The summed E-state index contributed by atoms with van der Waals surface area (Å²) in [6.07, 6.45) is 3.32. The van der Waals surface area contributed by atoms with Crippen LogP contribution >= 0.6 is 11.8 Å². The Morgan fingerprint density at radius 3 is 3.00 bits per heavy atom. The minimum atomic E-state index is -0.302. The zero-order chi connectivity index (χ0) is 17.6. The van der Waals surface area contributed by atoms with Crippen molar-refractivity contribution in [2.45, 2.75) is 37.9 Å². The number of thioether (sulfide) groups is 1. The molecule has 3 aromatic rings. The number of carbonyl (C=O) groups is 1. The van der Waals surface area contributed by atoms with Crippen molar-refractivity contribution < 1.29 is 4.79 Å². The second kappa shape index (κ2) is 8.15. The average molecular weight is 358 g/mol. The molecular formula is C17H22N6OS. The Kier molecular flexibility index (Phi) is 5.70. The first-order chi connectivity index (χ1) is 12.2. The van der Waals surface area contributed by atoms with Gasteiger partial charge in [0.2, 0.25) is 5.91 Å². The van der Waals surface area contributed by atoms with Crippen LogP contribution in [-0.2, 0) is 11.2 Å². The van der Waals surface area contributed by atoms with Gasteiger partial charge in [-0.2, -0.15) is 5.10 Å². The van der Waals surface area contributed by atoms with Gasteiger partial charge in [0.1, 0.15) is 18.2 Å². The molecule has 1 aromatic carbocycles. The van der Waals surface area contributed by atoms with Gasteiger partial charge in [-0.3, -0.25) is 9.89 Å². The van der Waals surface area contributed by atoms with Gasteiger partial charge in [0.05, 0.1) is 11.0 Å². The molecule has 2 heterocycles. The van der Waals surface area contributed by atoms with Crippen LogP contribution in [0.4, 0.5) is 0 Å². The highest BCUT2D eigenvalue weighted by Gasteiger charge is 2.20. The van der Waals surface area contributed by atoms with Crippen LogP contribution in [0.25, 0.3) is 11.0 Å². The van der Waals surface area contributed by atoms with Crippen molar-refractivity contribution in [3.63, 3.8) is 0 Å². The van der Waals surface area contributed by atoms with E-state index in [-0.39, 0.29) is 11.9 Å². The van der Waals surface area contributed by atoms with E-state index >= 15 is 0 Å². The molecule has 1 unspecified atom stereocenters. The van der Waals surface area contributed by atoms with E-state index in [1.165, 1.54) is 18.1 Å². The molecule has 1 atom stereocenters. The monoisotopic (exact) mass is 358 g/mol. The van der Waals surface area contributed by atoms with Crippen LogP contribution in [0.2, 0.25) is 0 Å². The van der Waals surface area contributed by atoms with E-state index in [4.69, 9.17) is 4.98 Å². The highest BCUT2D eigenvalue weighted by Crippen LogP contribution is 2.22. The average Bonchev–Trinajstić information content (AvgIpc) is 3.25. The second-order valence-corrected chi connectivity index (χ2v) is 6.83. The van der Waals surface area contributed by atoms with Crippen LogP contribution in [0, 0.1) is 0 Å². The summed E-state index contributed by atoms with van der Waals surface area (Å²) in [5.74, 6) is 1.70. The molecule has 0 saturated carbocycles. The number of aromatic amines is 1. The smallest absolute Gasteiger partial charge is 0.242 e. The van der Waals surface area contributed by atoms with Crippen LogP contribution in [-0.4, -0.2) is 42.9 Å². The van der Waals surface area contributed by atoms with Gasteiger partial charge in [0.15, 0.2) is 5.16 Å². The number of carbonyl (C=O) groups excluding carboxylic acids is 1. The van der Waals surface area contributed by atoms with Crippen molar-refractivity contribution >= 4 is 28.7 Å². The molecule has 0 saturated heterocycles. The standard InChI is InChI=1S/C17H22N6OS/c1-3-6-15-21-13-7-4-5-8-14(13)23(15)12(2)16(24)18-9-10-25-17-19-11-20-22-17/h4-5,7-8,11-12H,3,6,9-10H2,1-2H3,(H,18,24)(H,19,20,22). The van der Waals surface area contributed by atoms with Crippen LogP contribution < -0.4 is 5.32 Å². The highest BCUT2D eigenvalue weighted by atomic mass is 32.2. The van der Waals surface area contributed by atoms with Crippen molar-refractivity contribution in [3.8, 4) is 0 Å². The summed E-state index contributed by atoms with van der Waals surface area (Å²) >= 11 is 1.53. The summed E-state index contributed by atoms with van der Waals surface area (Å²) in [6.45, 7) is 4.62. The van der Waals surface area contributed by atoms with Crippen molar-refractivity contribution in [1.82, 2.24) is 30.0 Å². The quantitative estimate of drug-likeness (QED) is 0.477. The normalized spacial score (nSPS) is 12.4. The Morgan fingerprint density at radius 1 is 1.40 bits per heavy atom. The van der Waals surface area contributed by atoms with Crippen LogP contribution in [0.1, 0.15) is 32.1 Å². The summed E-state index contributed by atoms with van der Waals surface area (Å²) in [6, 6.07) is 7.66. The summed E-state index contributed by atoms with van der Waals surface area (Å²) < 4.78 is 2.05. The SMILES string of the molecule is CCCc1nc2ccccc2n1C(C)C(=O)NCCSc1ncn[nH]1. The van der Waals surface area contributed by atoms with E-state index in [9.17, 15) is 4.79 Å². The number of amides is 1. The minimum absolute atomic E-state index is 0.00123. The maximum Gasteiger partial charge on any atom is 0.242 e. The number of H-pyrrole nitrogens is 1. The number of fused-ring (bicyclic) bond motifs is 1. The number of imidazole rings is 1. The van der Waals surface area contributed by atoms with Gasteiger partial charge in [-0.25, -0.2) is 9.97 Å². The molecule has 0 radical (unpaired) electrons. The molecule has 0 fully saturated rings. The third-order valence-corrected chi connectivity index (χ3v) is 4.82. The third-order valence-electron chi connectivity index (χ3n) is 3.94. The van der Waals surface area contributed by atoms with E-state index in [2.05, 4.69) is 32.0 Å². The van der Waals surface area contributed by atoms with Crippen molar-refractivity contribution in [1.29, 1.82) is 0 Å². The number of aromatic nitrogens is 5. The summed E-state index contributed by atoms with van der Waals surface area (Å²) in [5.41, 5.74) is 1.94. The fourth-order valence-electron chi connectivity index (χ4n) is 2.78. The molecule has 3 rings (SSSR count). The number of rotatable bonds is 8. The predicted octanol–water partition coefficient (Wildman–Crippen LogP) is 2.58. The zero-order valence-electron chi connectivity index (χ0n) is 14.4. The summed E-state index contributed by atoms with van der Waals surface area (Å²) in [4.78, 5) is 21.3. The molecule has 1 amide bonds. The van der Waals surface area contributed by atoms with Crippen LogP contribution in [0.3, 0.4) is 0 Å². The number of aryl methyl sites for hydroxylation is 1. The van der Waals surface area contributed by atoms with Gasteiger partial charge in [-0.15, -0.1) is 0 Å². The summed E-state index contributed by atoms with van der Waals surface area (Å²) in [5, 5.41) is 10.3. The van der Waals surface area contributed by atoms with Gasteiger partial charge in [-0.05, 0) is 25.5 Å². The third kappa shape index (κ3) is 4.01. The topological polar surface area (TPSA) is 88.5 Å². The number of para-hydroxylation sites is 2. The lowest BCUT2D eigenvalue weighted by Crippen LogP contribution is -2.33. The highest BCUT2D eigenvalue weighted by molar-refractivity contribution is 7.99. The van der Waals surface area contributed by atoms with Gasteiger partial charge in [-0.1, -0.05) is 30.8 Å². The molecule has 0 bridgehead atoms. The van der Waals surface area contributed by atoms with Gasteiger partial charge >= 0.3 is 0 Å². The number of nitrogens with one attached hydrogen (secondary N) is 2. The van der Waals surface area contributed by atoms with Gasteiger partial charge in [0, 0.05) is 18.7 Å². The maximum absolute atomic E-state index is 12.6. The maximum atomic E-state index is 12.6. The molecule has 0 spiro atoms. The van der Waals surface area contributed by atoms with E-state index < -0.39 is 0 Å². The van der Waals surface area contributed by atoms with E-state index in [1.807, 2.05) is 31.2 Å². The molecule has 2 N–H and O–H groups in total. The Labute approximate surface area is 150 Å². The van der Waals surface area contributed by atoms with E-state index in [1.54, 1.807) is 0 Å². The molecule has 7 nitrogen and oxygen atoms in total. The molecule has 0 aliphatic carbocycles. The number of benzene rings is 1. The fraction of sp³-hybridized carbons (Fsp3) is 0.412. The first kappa shape index (κ1) is 17.5. The van der Waals surface area contributed by atoms with Gasteiger partial charge in [0.25, 0.3) is 0 Å². The lowest BCUT2D eigenvalue weighted by Gasteiger charge is -2.17. The molecule has 25 heavy (non-hydrogen) atoms. The van der Waals surface area contributed by atoms with E-state index in [0.29, 0.717) is 6.54 Å². The molecule has 8 heteroatoms. The number of hydrogen-bond donors (Lipinski definition) is 2. The second-order valence-electron chi connectivity index (χ2n) is 5.74. The molecule has 0 aliphatic heterocycles. The Balaban J connectivity index is 1.66.